The van der Waals surface area contributed by atoms with Crippen LogP contribution in [0.25, 0.3) is 0 Å². The second kappa shape index (κ2) is 3.89. The van der Waals surface area contributed by atoms with Gasteiger partial charge in [0.2, 0.25) is 5.91 Å². The minimum absolute atomic E-state index is 0.267. The van der Waals surface area contributed by atoms with Crippen LogP contribution in [0, 0.1) is 0 Å². The Morgan fingerprint density at radius 2 is 2.31 bits per heavy atom. The van der Waals surface area contributed by atoms with E-state index in [0.717, 1.165) is 11.4 Å². The van der Waals surface area contributed by atoms with E-state index < -0.39 is 0 Å². The Labute approximate surface area is 77.4 Å². The summed E-state index contributed by atoms with van der Waals surface area (Å²) in [6, 6.07) is 3.64. The molecule has 1 aromatic heterocycles. The molecule has 0 unspecified atom stereocenters. The van der Waals surface area contributed by atoms with Crippen molar-refractivity contribution in [3.05, 3.63) is 23.9 Å². The summed E-state index contributed by atoms with van der Waals surface area (Å²) >= 11 is 0. The molecule has 0 aromatic carbocycles. The fourth-order valence-corrected chi connectivity index (χ4v) is 1.02. The lowest BCUT2D eigenvalue weighted by Gasteiger charge is -2.11. The van der Waals surface area contributed by atoms with Crippen molar-refractivity contribution in [1.82, 2.24) is 4.98 Å². The number of nitrogens with zero attached hydrogens (tertiary/aromatic N) is 2. The van der Waals surface area contributed by atoms with Crippen molar-refractivity contribution in [2.75, 3.05) is 19.0 Å². The van der Waals surface area contributed by atoms with Crippen LogP contribution in [0.1, 0.15) is 5.56 Å². The van der Waals surface area contributed by atoms with Gasteiger partial charge in [0.25, 0.3) is 0 Å². The third-order valence-corrected chi connectivity index (χ3v) is 1.65. The van der Waals surface area contributed by atoms with Crippen LogP contribution in [-0.4, -0.2) is 25.0 Å². The van der Waals surface area contributed by atoms with Gasteiger partial charge in [-0.15, -0.1) is 0 Å². The molecule has 70 valence electrons. The van der Waals surface area contributed by atoms with Crippen LogP contribution in [0.3, 0.4) is 0 Å². The Balaban J connectivity index is 2.85. The minimum Gasteiger partial charge on any atom is -0.369 e. The largest absolute Gasteiger partial charge is 0.369 e. The number of anilines is 1. The summed E-state index contributed by atoms with van der Waals surface area (Å²) in [7, 11) is 3.80. The quantitative estimate of drug-likeness (QED) is 0.719. The average molecular weight is 179 g/mol. The Hall–Kier alpha value is -1.58. The van der Waals surface area contributed by atoms with E-state index in [4.69, 9.17) is 5.73 Å². The molecule has 0 saturated heterocycles. The number of carbonyl (C=O) groups is 1. The van der Waals surface area contributed by atoms with Crippen LogP contribution in [-0.2, 0) is 11.2 Å². The van der Waals surface area contributed by atoms with E-state index in [1.807, 2.05) is 25.1 Å². The van der Waals surface area contributed by atoms with Crippen molar-refractivity contribution >= 4 is 11.7 Å². The maximum absolute atomic E-state index is 10.6. The van der Waals surface area contributed by atoms with Gasteiger partial charge < -0.3 is 10.6 Å². The number of amides is 1. The summed E-state index contributed by atoms with van der Waals surface area (Å²) < 4.78 is 0. The molecule has 0 aliphatic rings. The van der Waals surface area contributed by atoms with Crippen LogP contribution in [0.15, 0.2) is 18.3 Å². The molecule has 0 spiro atoms. The first-order valence-electron chi connectivity index (χ1n) is 4.00. The van der Waals surface area contributed by atoms with Gasteiger partial charge in [0.05, 0.1) is 6.42 Å². The molecule has 0 bridgehead atoms. The highest BCUT2D eigenvalue weighted by Gasteiger charge is 2.01. The Morgan fingerprint density at radius 1 is 1.62 bits per heavy atom. The first-order valence-corrected chi connectivity index (χ1v) is 4.00. The van der Waals surface area contributed by atoms with Crippen molar-refractivity contribution in [2.24, 2.45) is 5.73 Å². The van der Waals surface area contributed by atoms with Crippen molar-refractivity contribution in [2.45, 2.75) is 6.42 Å². The predicted molar refractivity (Wildman–Crippen MR) is 51.5 cm³/mol. The molecule has 0 aliphatic heterocycles. The highest BCUT2D eigenvalue weighted by molar-refractivity contribution is 5.76. The van der Waals surface area contributed by atoms with Gasteiger partial charge in [-0.25, -0.2) is 4.98 Å². The maximum atomic E-state index is 10.6. The van der Waals surface area contributed by atoms with Crippen molar-refractivity contribution in [3.63, 3.8) is 0 Å². The van der Waals surface area contributed by atoms with Crippen molar-refractivity contribution in [1.29, 1.82) is 0 Å². The molecule has 2 N–H and O–H groups in total. The van der Waals surface area contributed by atoms with E-state index in [-0.39, 0.29) is 12.3 Å². The first-order chi connectivity index (χ1) is 6.09. The van der Waals surface area contributed by atoms with Gasteiger partial charge >= 0.3 is 0 Å². The maximum Gasteiger partial charge on any atom is 0.221 e. The number of hydrogen-bond acceptors (Lipinski definition) is 3. The molecule has 0 radical (unpaired) electrons. The van der Waals surface area contributed by atoms with Gasteiger partial charge in [-0.05, 0) is 17.7 Å². The smallest absolute Gasteiger partial charge is 0.221 e. The molecular weight excluding hydrogens is 166 g/mol. The second-order valence-corrected chi connectivity index (χ2v) is 3.06. The summed E-state index contributed by atoms with van der Waals surface area (Å²) in [5.74, 6) is 0.509. The van der Waals surface area contributed by atoms with Gasteiger partial charge in [-0.1, -0.05) is 0 Å². The fraction of sp³-hybridized carbons (Fsp3) is 0.333. The van der Waals surface area contributed by atoms with Crippen LogP contribution in [0.2, 0.25) is 0 Å². The molecule has 0 fully saturated rings. The molecule has 1 rings (SSSR count). The van der Waals surface area contributed by atoms with Gasteiger partial charge in [0.1, 0.15) is 5.82 Å². The average Bonchev–Trinajstić information content (AvgIpc) is 2.03. The van der Waals surface area contributed by atoms with Crippen LogP contribution < -0.4 is 10.6 Å². The SMILES string of the molecule is CN(C)c1cc(CC(N)=O)ccn1. The molecule has 1 aromatic rings. The topological polar surface area (TPSA) is 59.2 Å². The van der Waals surface area contributed by atoms with Gasteiger partial charge in [-0.3, -0.25) is 4.79 Å². The highest BCUT2D eigenvalue weighted by atomic mass is 16.1. The van der Waals surface area contributed by atoms with Crippen LogP contribution in [0.5, 0.6) is 0 Å². The van der Waals surface area contributed by atoms with E-state index in [1.165, 1.54) is 0 Å². The number of rotatable bonds is 3. The van der Waals surface area contributed by atoms with Gasteiger partial charge in [-0.2, -0.15) is 0 Å². The molecule has 1 amide bonds. The lowest BCUT2D eigenvalue weighted by molar-refractivity contribution is -0.117. The van der Waals surface area contributed by atoms with E-state index >= 15 is 0 Å². The summed E-state index contributed by atoms with van der Waals surface area (Å²) in [5.41, 5.74) is 5.97. The summed E-state index contributed by atoms with van der Waals surface area (Å²) in [6.07, 6.45) is 1.94. The first kappa shape index (κ1) is 9.51. The molecule has 4 nitrogen and oxygen atoms in total. The number of aromatic nitrogens is 1. The molecule has 1 heterocycles. The number of pyridine rings is 1. The van der Waals surface area contributed by atoms with E-state index in [9.17, 15) is 4.79 Å². The summed E-state index contributed by atoms with van der Waals surface area (Å²) in [6.45, 7) is 0. The van der Waals surface area contributed by atoms with E-state index in [0.29, 0.717) is 0 Å². The van der Waals surface area contributed by atoms with Crippen molar-refractivity contribution in [3.8, 4) is 0 Å². The zero-order valence-corrected chi connectivity index (χ0v) is 7.82. The Morgan fingerprint density at radius 3 is 2.85 bits per heavy atom. The molecule has 0 atom stereocenters. The van der Waals surface area contributed by atoms with Crippen molar-refractivity contribution < 1.29 is 4.79 Å². The van der Waals surface area contributed by atoms with Gasteiger partial charge in [0, 0.05) is 20.3 Å². The Kier molecular flexibility index (Phi) is 2.84. The second-order valence-electron chi connectivity index (χ2n) is 3.06. The minimum atomic E-state index is -0.323. The number of carbonyl (C=O) groups excluding carboxylic acids is 1. The van der Waals surface area contributed by atoms with Crippen LogP contribution in [0.4, 0.5) is 5.82 Å². The predicted octanol–water partition coefficient (Wildman–Crippen LogP) is 0.175. The standard InChI is InChI=1S/C9H13N3O/c1-12(2)9-6-7(3-4-11-9)5-8(10)13/h3-4,6H,5H2,1-2H3,(H2,10,13). The molecule has 0 saturated carbocycles. The zero-order valence-electron chi connectivity index (χ0n) is 7.82. The highest BCUT2D eigenvalue weighted by Crippen LogP contribution is 2.09. The number of primary amides is 1. The molecular formula is C9H13N3O. The normalized spacial score (nSPS) is 9.69. The van der Waals surface area contributed by atoms with Gasteiger partial charge in [0.15, 0.2) is 0 Å². The van der Waals surface area contributed by atoms with E-state index in [1.54, 1.807) is 12.3 Å². The Bertz CT molecular complexity index is 309. The third kappa shape index (κ3) is 2.74. The fourth-order valence-electron chi connectivity index (χ4n) is 1.02. The molecule has 0 aliphatic carbocycles. The summed E-state index contributed by atoms with van der Waals surface area (Å²) in [5, 5.41) is 0. The number of nitrogens with two attached hydrogens (primary N) is 1. The monoisotopic (exact) mass is 179 g/mol. The zero-order chi connectivity index (χ0) is 9.84. The lowest BCUT2D eigenvalue weighted by atomic mass is 10.2. The molecule has 13 heavy (non-hydrogen) atoms. The van der Waals surface area contributed by atoms with Crippen LogP contribution >= 0.6 is 0 Å². The lowest BCUT2D eigenvalue weighted by Crippen LogP contribution is -2.15. The number of hydrogen-bond donors (Lipinski definition) is 1. The molecule has 4 heteroatoms. The van der Waals surface area contributed by atoms with E-state index in [2.05, 4.69) is 4.98 Å². The summed E-state index contributed by atoms with van der Waals surface area (Å²) in [4.78, 5) is 16.6. The third-order valence-electron chi connectivity index (χ3n) is 1.65.